The van der Waals surface area contributed by atoms with Crippen molar-refractivity contribution in [2.45, 2.75) is 53.9 Å². The highest BCUT2D eigenvalue weighted by molar-refractivity contribution is 5.81. The Morgan fingerprint density at radius 3 is 2.00 bits per heavy atom. The summed E-state index contributed by atoms with van der Waals surface area (Å²) in [4.78, 5) is 22.4. The minimum Gasteiger partial charge on any atom is -0.481 e. The molecule has 0 rings (SSSR count). The topological polar surface area (TPSA) is 84.9 Å². The lowest BCUT2D eigenvalue weighted by atomic mass is 9.79. The van der Waals surface area contributed by atoms with Gasteiger partial charge in [-0.2, -0.15) is 0 Å². The van der Waals surface area contributed by atoms with Crippen LogP contribution in [0.5, 0.6) is 0 Å². The van der Waals surface area contributed by atoms with Gasteiger partial charge in [-0.3, -0.25) is 9.59 Å². The van der Waals surface area contributed by atoms with E-state index < -0.39 is 5.97 Å². The highest BCUT2D eigenvalue weighted by Gasteiger charge is 2.28. The summed E-state index contributed by atoms with van der Waals surface area (Å²) in [6, 6.07) is 0. The normalized spacial score (nSPS) is 12.2. The zero-order chi connectivity index (χ0) is 17.9. The molecule has 0 aliphatic heterocycles. The number of amides is 1. The van der Waals surface area contributed by atoms with Crippen LogP contribution in [0, 0.1) is 10.8 Å². The minimum atomic E-state index is -0.872. The second-order valence-electron chi connectivity index (χ2n) is 7.57. The number of ether oxygens (including phenoxy) is 2. The molecule has 0 fully saturated rings. The monoisotopic (exact) mass is 331 g/mol. The van der Waals surface area contributed by atoms with Gasteiger partial charge in [0.25, 0.3) is 0 Å². The molecular formula is C17H33NO5. The number of nitrogens with one attached hydrogen (secondary N) is 1. The van der Waals surface area contributed by atoms with Crippen LogP contribution in [0.25, 0.3) is 0 Å². The maximum absolute atomic E-state index is 12.2. The van der Waals surface area contributed by atoms with Crippen LogP contribution in [0.2, 0.25) is 0 Å². The fourth-order valence-electron chi connectivity index (χ4n) is 1.76. The van der Waals surface area contributed by atoms with E-state index in [1.807, 2.05) is 13.8 Å². The third-order valence-corrected chi connectivity index (χ3v) is 3.48. The summed E-state index contributed by atoms with van der Waals surface area (Å²) in [7, 11) is 0. The number of hydrogen-bond acceptors (Lipinski definition) is 4. The molecular weight excluding hydrogens is 298 g/mol. The van der Waals surface area contributed by atoms with E-state index in [4.69, 9.17) is 14.6 Å². The number of rotatable bonds is 12. The minimum absolute atomic E-state index is 0.000292. The van der Waals surface area contributed by atoms with E-state index in [0.29, 0.717) is 26.4 Å². The summed E-state index contributed by atoms with van der Waals surface area (Å²) in [5, 5.41) is 11.3. The maximum atomic E-state index is 12.2. The van der Waals surface area contributed by atoms with E-state index in [1.165, 1.54) is 0 Å². The molecule has 0 saturated heterocycles. The molecule has 0 aromatic rings. The van der Waals surface area contributed by atoms with Crippen LogP contribution in [0.3, 0.4) is 0 Å². The van der Waals surface area contributed by atoms with Gasteiger partial charge in [-0.25, -0.2) is 0 Å². The third-order valence-electron chi connectivity index (χ3n) is 3.48. The summed E-state index contributed by atoms with van der Waals surface area (Å²) in [6.07, 6.45) is 1.85. The largest absolute Gasteiger partial charge is 0.481 e. The first-order valence-corrected chi connectivity index (χ1v) is 8.20. The molecule has 0 aromatic heterocycles. The Balaban J connectivity index is 3.67. The number of carbonyl (C=O) groups excluding carboxylic acids is 1. The van der Waals surface area contributed by atoms with Gasteiger partial charge >= 0.3 is 5.97 Å². The van der Waals surface area contributed by atoms with Gasteiger partial charge in [-0.15, -0.1) is 0 Å². The van der Waals surface area contributed by atoms with Gasteiger partial charge in [0.2, 0.25) is 5.91 Å². The lowest BCUT2D eigenvalue weighted by Crippen LogP contribution is -2.39. The second-order valence-corrected chi connectivity index (χ2v) is 7.57. The van der Waals surface area contributed by atoms with Crippen molar-refractivity contribution >= 4 is 11.9 Å². The van der Waals surface area contributed by atoms with E-state index in [1.54, 1.807) is 0 Å². The van der Waals surface area contributed by atoms with Crippen LogP contribution in [-0.4, -0.2) is 50.0 Å². The summed E-state index contributed by atoms with van der Waals surface area (Å²) < 4.78 is 10.4. The van der Waals surface area contributed by atoms with E-state index in [2.05, 4.69) is 26.1 Å². The molecule has 136 valence electrons. The van der Waals surface area contributed by atoms with E-state index in [9.17, 15) is 9.59 Å². The van der Waals surface area contributed by atoms with E-state index in [-0.39, 0.29) is 29.8 Å². The molecule has 0 aliphatic rings. The van der Waals surface area contributed by atoms with E-state index in [0.717, 1.165) is 12.8 Å². The van der Waals surface area contributed by atoms with Gasteiger partial charge in [0.05, 0.1) is 32.8 Å². The summed E-state index contributed by atoms with van der Waals surface area (Å²) in [5.74, 6) is -0.828. The molecule has 0 aromatic carbocycles. The smallest absolute Gasteiger partial charge is 0.305 e. The molecule has 0 atom stereocenters. The lowest BCUT2D eigenvalue weighted by molar-refractivity contribution is -0.138. The van der Waals surface area contributed by atoms with Crippen molar-refractivity contribution in [2.75, 3.05) is 33.0 Å². The zero-order valence-electron chi connectivity index (χ0n) is 15.2. The van der Waals surface area contributed by atoms with Gasteiger partial charge in [0.1, 0.15) is 0 Å². The summed E-state index contributed by atoms with van der Waals surface area (Å²) >= 11 is 0. The Morgan fingerprint density at radius 2 is 1.48 bits per heavy atom. The van der Waals surface area contributed by atoms with Crippen LogP contribution >= 0.6 is 0 Å². The molecule has 23 heavy (non-hydrogen) atoms. The van der Waals surface area contributed by atoms with Crippen LogP contribution in [0.15, 0.2) is 0 Å². The van der Waals surface area contributed by atoms with Crippen molar-refractivity contribution in [3.63, 3.8) is 0 Å². The van der Waals surface area contributed by atoms with Gasteiger partial charge in [-0.05, 0) is 18.3 Å². The average molecular weight is 331 g/mol. The fourth-order valence-corrected chi connectivity index (χ4v) is 1.76. The van der Waals surface area contributed by atoms with Gasteiger partial charge < -0.3 is 19.9 Å². The highest BCUT2D eigenvalue weighted by atomic mass is 16.5. The molecule has 0 spiro atoms. The molecule has 0 heterocycles. The molecule has 0 saturated carbocycles. The van der Waals surface area contributed by atoms with Crippen LogP contribution in [0.1, 0.15) is 53.9 Å². The molecule has 0 unspecified atom stereocenters. The average Bonchev–Trinajstić information content (AvgIpc) is 2.42. The molecule has 2 N–H and O–H groups in total. The Morgan fingerprint density at radius 1 is 0.913 bits per heavy atom. The molecule has 0 aliphatic carbocycles. The first-order valence-electron chi connectivity index (χ1n) is 8.20. The predicted octanol–water partition coefficient (Wildman–Crippen LogP) is 2.46. The molecule has 0 radical (unpaired) electrons. The Bertz CT molecular complexity index is 360. The SMILES string of the molecule is CC(C)(C)CCC(C)(C)C(=O)NCCOCCOCCC(=O)O. The molecule has 1 amide bonds. The first-order chi connectivity index (χ1) is 10.5. The Hall–Kier alpha value is -1.14. The maximum Gasteiger partial charge on any atom is 0.305 e. The number of carboxylic acids is 1. The number of hydrogen-bond donors (Lipinski definition) is 2. The molecule has 6 heteroatoms. The van der Waals surface area contributed by atoms with Crippen molar-refractivity contribution in [2.24, 2.45) is 10.8 Å². The summed E-state index contributed by atoms with van der Waals surface area (Å²) in [6.45, 7) is 12.3. The number of carbonyl (C=O) groups is 2. The van der Waals surface area contributed by atoms with Crippen LogP contribution in [0.4, 0.5) is 0 Å². The van der Waals surface area contributed by atoms with Gasteiger partial charge in [-0.1, -0.05) is 34.6 Å². The second kappa shape index (κ2) is 10.6. The lowest BCUT2D eigenvalue weighted by Gasteiger charge is -2.27. The predicted molar refractivity (Wildman–Crippen MR) is 89.4 cm³/mol. The van der Waals surface area contributed by atoms with Crippen molar-refractivity contribution in [1.82, 2.24) is 5.32 Å². The molecule has 6 nitrogen and oxygen atoms in total. The Kier molecular flexibility index (Phi) is 10.1. The Labute approximate surface area is 139 Å². The van der Waals surface area contributed by atoms with Crippen molar-refractivity contribution < 1.29 is 24.2 Å². The fraction of sp³-hybridized carbons (Fsp3) is 0.882. The van der Waals surface area contributed by atoms with Crippen LogP contribution < -0.4 is 5.32 Å². The number of aliphatic carboxylic acids is 1. The zero-order valence-corrected chi connectivity index (χ0v) is 15.2. The quantitative estimate of drug-likeness (QED) is 0.537. The molecule has 0 bridgehead atoms. The standard InChI is InChI=1S/C17H33NO5/c1-16(2,3)7-8-17(4,5)15(21)18-9-11-23-13-12-22-10-6-14(19)20/h6-13H2,1-5H3,(H,18,21)(H,19,20). The van der Waals surface area contributed by atoms with Crippen molar-refractivity contribution in [1.29, 1.82) is 0 Å². The third kappa shape index (κ3) is 13.0. The number of carboxylic acid groups (broad SMARTS) is 1. The highest BCUT2D eigenvalue weighted by Crippen LogP contribution is 2.30. The van der Waals surface area contributed by atoms with Crippen LogP contribution in [-0.2, 0) is 19.1 Å². The van der Waals surface area contributed by atoms with Crippen molar-refractivity contribution in [3.05, 3.63) is 0 Å². The van der Waals surface area contributed by atoms with Crippen molar-refractivity contribution in [3.8, 4) is 0 Å². The summed E-state index contributed by atoms with van der Waals surface area (Å²) in [5.41, 5.74) is -0.158. The van der Waals surface area contributed by atoms with Gasteiger partial charge in [0.15, 0.2) is 0 Å². The van der Waals surface area contributed by atoms with Gasteiger partial charge in [0, 0.05) is 12.0 Å². The van der Waals surface area contributed by atoms with E-state index >= 15 is 0 Å². The first kappa shape index (κ1) is 21.9.